The lowest BCUT2D eigenvalue weighted by atomic mass is 9.79. The summed E-state index contributed by atoms with van der Waals surface area (Å²) in [6.45, 7) is 4.53. The molecule has 0 aliphatic heterocycles. The van der Waals surface area contributed by atoms with Gasteiger partial charge in [0.25, 0.3) is 0 Å². The van der Waals surface area contributed by atoms with Crippen molar-refractivity contribution in [3.05, 3.63) is 42.0 Å². The molecule has 0 heterocycles. The maximum atomic E-state index is 12.2. The second-order valence-corrected chi connectivity index (χ2v) is 8.08. The van der Waals surface area contributed by atoms with E-state index >= 15 is 0 Å². The summed E-state index contributed by atoms with van der Waals surface area (Å²) in [6.07, 6.45) is 16.9. The Morgan fingerprint density at radius 2 is 1.85 bits per heavy atom. The number of rotatable bonds is 12. The zero-order chi connectivity index (χ0) is 19.3. The first kappa shape index (κ1) is 21.7. The lowest BCUT2D eigenvalue weighted by molar-refractivity contribution is -0.134. The molecule has 0 aromatic heterocycles. The van der Waals surface area contributed by atoms with Crippen LogP contribution >= 0.6 is 0 Å². The molecule has 0 saturated heterocycles. The largest absolute Gasteiger partial charge is 0.427 e. The molecule has 1 aromatic rings. The van der Waals surface area contributed by atoms with Gasteiger partial charge in [-0.1, -0.05) is 82.2 Å². The monoisotopic (exact) mass is 370 g/mol. The van der Waals surface area contributed by atoms with Gasteiger partial charge in [0.15, 0.2) is 0 Å². The standard InChI is InChI=1S/C25H38O2/c1-3-5-8-11-21-15-17-23(18-16-21)22(12-6-4-2)19-20-25(26)27-24-13-9-7-10-14-24/h7,9-10,13-14,17,21-22H,3-6,8,11-12,15-16,18-20H2,1-2H3. The zero-order valence-corrected chi connectivity index (χ0v) is 17.4. The van der Waals surface area contributed by atoms with E-state index in [1.165, 1.54) is 64.2 Å². The summed E-state index contributed by atoms with van der Waals surface area (Å²) in [5, 5.41) is 0. The maximum absolute atomic E-state index is 12.2. The Bertz CT molecular complexity index is 561. The van der Waals surface area contributed by atoms with Gasteiger partial charge in [-0.25, -0.2) is 0 Å². The fourth-order valence-corrected chi connectivity index (χ4v) is 4.15. The summed E-state index contributed by atoms with van der Waals surface area (Å²) in [5.41, 5.74) is 1.61. The Morgan fingerprint density at radius 3 is 2.52 bits per heavy atom. The Kier molecular flexibility index (Phi) is 10.3. The van der Waals surface area contributed by atoms with Gasteiger partial charge in [-0.15, -0.1) is 0 Å². The summed E-state index contributed by atoms with van der Waals surface area (Å²) in [6, 6.07) is 9.42. The van der Waals surface area contributed by atoms with Gasteiger partial charge in [0.05, 0.1) is 0 Å². The molecule has 2 unspecified atom stereocenters. The Labute approximate surface area is 166 Å². The van der Waals surface area contributed by atoms with Crippen LogP contribution in [0.3, 0.4) is 0 Å². The minimum Gasteiger partial charge on any atom is -0.427 e. The number of carbonyl (C=O) groups is 1. The number of unbranched alkanes of at least 4 members (excludes halogenated alkanes) is 3. The summed E-state index contributed by atoms with van der Waals surface area (Å²) < 4.78 is 5.47. The van der Waals surface area contributed by atoms with E-state index in [2.05, 4.69) is 19.9 Å². The lowest BCUT2D eigenvalue weighted by Crippen LogP contribution is -2.15. The van der Waals surface area contributed by atoms with E-state index in [4.69, 9.17) is 4.74 Å². The van der Waals surface area contributed by atoms with Gasteiger partial charge >= 0.3 is 5.97 Å². The third kappa shape index (κ3) is 8.32. The Morgan fingerprint density at radius 1 is 1.07 bits per heavy atom. The molecule has 1 aromatic carbocycles. The molecule has 2 heteroatoms. The highest BCUT2D eigenvalue weighted by molar-refractivity contribution is 5.72. The van der Waals surface area contributed by atoms with E-state index in [-0.39, 0.29) is 5.97 Å². The van der Waals surface area contributed by atoms with E-state index in [0.717, 1.165) is 12.3 Å². The second-order valence-electron chi connectivity index (χ2n) is 8.08. The average molecular weight is 371 g/mol. The molecule has 2 nitrogen and oxygen atoms in total. The van der Waals surface area contributed by atoms with E-state index in [0.29, 0.717) is 18.1 Å². The molecular weight excluding hydrogens is 332 g/mol. The molecule has 27 heavy (non-hydrogen) atoms. The Hall–Kier alpha value is -1.57. The fourth-order valence-electron chi connectivity index (χ4n) is 4.15. The third-order valence-electron chi connectivity index (χ3n) is 5.87. The van der Waals surface area contributed by atoms with Gasteiger partial charge in [-0.2, -0.15) is 0 Å². The van der Waals surface area contributed by atoms with Crippen molar-refractivity contribution in [1.82, 2.24) is 0 Å². The van der Waals surface area contributed by atoms with E-state index in [1.54, 1.807) is 5.57 Å². The number of hydrogen-bond acceptors (Lipinski definition) is 2. The minimum atomic E-state index is -0.100. The molecule has 0 spiro atoms. The van der Waals surface area contributed by atoms with Gasteiger partial charge < -0.3 is 4.74 Å². The van der Waals surface area contributed by atoms with Crippen molar-refractivity contribution in [2.45, 2.75) is 90.9 Å². The summed E-state index contributed by atoms with van der Waals surface area (Å²) in [7, 11) is 0. The minimum absolute atomic E-state index is 0.100. The topological polar surface area (TPSA) is 26.3 Å². The molecule has 0 N–H and O–H groups in total. The third-order valence-corrected chi connectivity index (χ3v) is 5.87. The quantitative estimate of drug-likeness (QED) is 0.165. The van der Waals surface area contributed by atoms with Crippen LogP contribution in [0.2, 0.25) is 0 Å². The smallest absolute Gasteiger partial charge is 0.311 e. The fraction of sp³-hybridized carbons (Fsp3) is 0.640. The van der Waals surface area contributed by atoms with Crippen LogP contribution in [0.25, 0.3) is 0 Å². The van der Waals surface area contributed by atoms with Gasteiger partial charge in [-0.3, -0.25) is 4.79 Å². The molecular formula is C25H38O2. The van der Waals surface area contributed by atoms with Gasteiger partial charge in [0.1, 0.15) is 5.75 Å². The number of esters is 1. The lowest BCUT2D eigenvalue weighted by Gasteiger charge is -2.27. The summed E-state index contributed by atoms with van der Waals surface area (Å²) >= 11 is 0. The number of allylic oxidation sites excluding steroid dienone is 2. The molecule has 0 fully saturated rings. The van der Waals surface area contributed by atoms with Crippen LogP contribution in [0.1, 0.15) is 90.9 Å². The van der Waals surface area contributed by atoms with Crippen molar-refractivity contribution in [3.8, 4) is 5.75 Å². The molecule has 2 rings (SSSR count). The maximum Gasteiger partial charge on any atom is 0.311 e. The zero-order valence-electron chi connectivity index (χ0n) is 17.4. The Balaban J connectivity index is 1.82. The molecule has 0 amide bonds. The highest BCUT2D eigenvalue weighted by Gasteiger charge is 2.21. The van der Waals surface area contributed by atoms with Crippen LogP contribution in [-0.4, -0.2) is 5.97 Å². The predicted molar refractivity (Wildman–Crippen MR) is 114 cm³/mol. The molecule has 2 atom stereocenters. The highest BCUT2D eigenvalue weighted by atomic mass is 16.5. The van der Waals surface area contributed by atoms with Crippen molar-refractivity contribution in [2.24, 2.45) is 11.8 Å². The molecule has 1 aliphatic rings. The van der Waals surface area contributed by atoms with Crippen LogP contribution in [0.4, 0.5) is 0 Å². The number of para-hydroxylation sites is 1. The van der Waals surface area contributed by atoms with Gasteiger partial charge in [-0.05, 0) is 56.1 Å². The average Bonchev–Trinajstić information content (AvgIpc) is 2.70. The summed E-state index contributed by atoms with van der Waals surface area (Å²) in [4.78, 5) is 12.2. The van der Waals surface area contributed by atoms with E-state index in [9.17, 15) is 4.79 Å². The molecule has 150 valence electrons. The molecule has 0 saturated carbocycles. The summed E-state index contributed by atoms with van der Waals surface area (Å²) in [5.74, 6) is 2.00. The SMILES string of the molecule is CCCCCC1CC=C(C(CCCC)CCC(=O)Oc2ccccc2)CC1. The molecule has 0 radical (unpaired) electrons. The molecule has 1 aliphatic carbocycles. The first-order valence-corrected chi connectivity index (χ1v) is 11.2. The normalized spacial score (nSPS) is 18.0. The van der Waals surface area contributed by atoms with Crippen molar-refractivity contribution in [3.63, 3.8) is 0 Å². The van der Waals surface area contributed by atoms with E-state index in [1.807, 2.05) is 30.3 Å². The van der Waals surface area contributed by atoms with Crippen LogP contribution in [0.5, 0.6) is 5.75 Å². The first-order valence-electron chi connectivity index (χ1n) is 11.2. The van der Waals surface area contributed by atoms with E-state index < -0.39 is 0 Å². The van der Waals surface area contributed by atoms with Crippen LogP contribution in [0, 0.1) is 11.8 Å². The van der Waals surface area contributed by atoms with Crippen molar-refractivity contribution in [2.75, 3.05) is 0 Å². The molecule has 0 bridgehead atoms. The number of ether oxygens (including phenoxy) is 1. The van der Waals surface area contributed by atoms with Crippen LogP contribution in [0.15, 0.2) is 42.0 Å². The number of carbonyl (C=O) groups excluding carboxylic acids is 1. The van der Waals surface area contributed by atoms with Crippen molar-refractivity contribution >= 4 is 5.97 Å². The second kappa shape index (κ2) is 12.8. The highest BCUT2D eigenvalue weighted by Crippen LogP contribution is 2.35. The predicted octanol–water partition coefficient (Wildman–Crippen LogP) is 7.49. The van der Waals surface area contributed by atoms with Gasteiger partial charge in [0.2, 0.25) is 0 Å². The number of benzene rings is 1. The van der Waals surface area contributed by atoms with Crippen molar-refractivity contribution < 1.29 is 9.53 Å². The first-order chi connectivity index (χ1) is 13.2. The number of hydrogen-bond donors (Lipinski definition) is 0. The van der Waals surface area contributed by atoms with Gasteiger partial charge in [0, 0.05) is 6.42 Å². The van der Waals surface area contributed by atoms with Crippen molar-refractivity contribution in [1.29, 1.82) is 0 Å². The van der Waals surface area contributed by atoms with Crippen LogP contribution < -0.4 is 4.74 Å². The van der Waals surface area contributed by atoms with Crippen LogP contribution in [-0.2, 0) is 4.79 Å².